The van der Waals surface area contributed by atoms with Crippen LogP contribution in [-0.4, -0.2) is 19.3 Å². The quantitative estimate of drug-likeness (QED) is 0.854. The molecule has 16 heavy (non-hydrogen) atoms. The predicted molar refractivity (Wildman–Crippen MR) is 64.2 cm³/mol. The first-order valence-corrected chi connectivity index (χ1v) is 5.41. The molecule has 0 amide bonds. The Labute approximate surface area is 97.0 Å². The summed E-state index contributed by atoms with van der Waals surface area (Å²) < 4.78 is 10.6. The molecular weight excluding hydrogens is 204 g/mol. The summed E-state index contributed by atoms with van der Waals surface area (Å²) in [4.78, 5) is 0. The van der Waals surface area contributed by atoms with E-state index in [0.29, 0.717) is 11.5 Å². The van der Waals surface area contributed by atoms with Gasteiger partial charge >= 0.3 is 0 Å². The number of aliphatic hydroxyl groups is 1. The number of hydrogen-bond acceptors (Lipinski definition) is 3. The molecular formula is C13H20O3. The van der Waals surface area contributed by atoms with E-state index in [2.05, 4.69) is 6.92 Å². The van der Waals surface area contributed by atoms with E-state index in [4.69, 9.17) is 9.47 Å². The maximum absolute atomic E-state index is 10.1. The van der Waals surface area contributed by atoms with Gasteiger partial charge in [0.1, 0.15) is 0 Å². The summed E-state index contributed by atoms with van der Waals surface area (Å²) >= 11 is 0. The minimum atomic E-state index is -0.941. The second-order valence-corrected chi connectivity index (χ2v) is 4.29. The molecule has 90 valence electrons. The van der Waals surface area contributed by atoms with Crippen LogP contribution in [0.2, 0.25) is 0 Å². The van der Waals surface area contributed by atoms with Crippen LogP contribution >= 0.6 is 0 Å². The maximum atomic E-state index is 10.1. The van der Waals surface area contributed by atoms with Gasteiger partial charge in [-0.1, -0.05) is 6.92 Å². The van der Waals surface area contributed by atoms with Crippen molar-refractivity contribution in [3.63, 3.8) is 0 Å². The highest BCUT2D eigenvalue weighted by atomic mass is 16.5. The Morgan fingerprint density at radius 1 is 1.19 bits per heavy atom. The molecule has 0 aromatic heterocycles. The van der Waals surface area contributed by atoms with Crippen molar-refractivity contribution in [2.75, 3.05) is 14.2 Å². The van der Waals surface area contributed by atoms with Gasteiger partial charge in [-0.3, -0.25) is 0 Å². The van der Waals surface area contributed by atoms with Gasteiger partial charge in [-0.2, -0.15) is 0 Å². The third kappa shape index (κ3) is 2.47. The summed E-state index contributed by atoms with van der Waals surface area (Å²) in [6, 6.07) is 3.90. The Bertz CT molecular complexity index is 364. The molecule has 1 N–H and O–H groups in total. The van der Waals surface area contributed by atoms with Crippen LogP contribution in [0.3, 0.4) is 0 Å². The lowest BCUT2D eigenvalue weighted by Gasteiger charge is -2.23. The van der Waals surface area contributed by atoms with Crippen molar-refractivity contribution in [3.8, 4) is 11.5 Å². The summed E-state index contributed by atoms with van der Waals surface area (Å²) in [5.41, 5.74) is 0.935. The number of rotatable bonds is 4. The first kappa shape index (κ1) is 12.8. The van der Waals surface area contributed by atoms with Gasteiger partial charge in [0, 0.05) is 5.56 Å². The van der Waals surface area contributed by atoms with E-state index in [1.54, 1.807) is 28.1 Å². The summed E-state index contributed by atoms with van der Waals surface area (Å²) in [5, 5.41) is 10.1. The number of ether oxygens (including phenoxy) is 2. The average Bonchev–Trinajstić information content (AvgIpc) is 2.25. The topological polar surface area (TPSA) is 38.7 Å². The summed E-state index contributed by atoms with van der Waals surface area (Å²) in [6.07, 6.45) is 0.892. The van der Waals surface area contributed by atoms with Crippen molar-refractivity contribution in [1.82, 2.24) is 0 Å². The third-order valence-corrected chi connectivity index (χ3v) is 2.61. The molecule has 0 bridgehead atoms. The highest BCUT2D eigenvalue weighted by molar-refractivity contribution is 5.51. The Balaban J connectivity index is 3.43. The van der Waals surface area contributed by atoms with Gasteiger partial charge in [-0.15, -0.1) is 0 Å². The van der Waals surface area contributed by atoms with E-state index in [1.165, 1.54) is 0 Å². The molecule has 0 aliphatic rings. The molecule has 0 spiro atoms. The molecule has 3 nitrogen and oxygen atoms in total. The van der Waals surface area contributed by atoms with Crippen LogP contribution in [-0.2, 0) is 12.0 Å². The molecule has 0 radical (unpaired) electrons. The Hall–Kier alpha value is -1.22. The van der Waals surface area contributed by atoms with Gasteiger partial charge in [0.05, 0.1) is 19.8 Å². The number of benzene rings is 1. The third-order valence-electron chi connectivity index (χ3n) is 2.61. The van der Waals surface area contributed by atoms with Crippen LogP contribution in [0.1, 0.15) is 31.9 Å². The lowest BCUT2D eigenvalue weighted by atomic mass is 9.94. The molecule has 1 rings (SSSR count). The van der Waals surface area contributed by atoms with Crippen molar-refractivity contribution in [1.29, 1.82) is 0 Å². The van der Waals surface area contributed by atoms with E-state index < -0.39 is 5.60 Å². The fourth-order valence-corrected chi connectivity index (χ4v) is 1.68. The zero-order valence-corrected chi connectivity index (χ0v) is 10.6. The molecule has 1 aromatic carbocycles. The SMILES string of the molecule is CCc1cc(OC)c(OC)c(C(C)(C)O)c1. The normalized spacial score (nSPS) is 11.4. The van der Waals surface area contributed by atoms with Crippen LogP contribution in [0.5, 0.6) is 11.5 Å². The van der Waals surface area contributed by atoms with Crippen LogP contribution in [0.15, 0.2) is 12.1 Å². The fourth-order valence-electron chi connectivity index (χ4n) is 1.68. The second kappa shape index (κ2) is 4.74. The van der Waals surface area contributed by atoms with E-state index in [0.717, 1.165) is 17.5 Å². The van der Waals surface area contributed by atoms with Gasteiger partial charge in [-0.05, 0) is 38.0 Å². The van der Waals surface area contributed by atoms with Gasteiger partial charge in [0.15, 0.2) is 11.5 Å². The first-order chi connectivity index (χ1) is 7.43. The van der Waals surface area contributed by atoms with E-state index in [-0.39, 0.29) is 0 Å². The Morgan fingerprint density at radius 2 is 1.81 bits per heavy atom. The van der Waals surface area contributed by atoms with Crippen molar-refractivity contribution >= 4 is 0 Å². The van der Waals surface area contributed by atoms with Crippen molar-refractivity contribution in [2.24, 2.45) is 0 Å². The largest absolute Gasteiger partial charge is 0.493 e. The number of hydrogen-bond donors (Lipinski definition) is 1. The molecule has 0 saturated carbocycles. The molecule has 0 atom stereocenters. The van der Waals surface area contributed by atoms with Crippen molar-refractivity contribution < 1.29 is 14.6 Å². The zero-order valence-electron chi connectivity index (χ0n) is 10.6. The number of aryl methyl sites for hydroxylation is 1. The lowest BCUT2D eigenvalue weighted by molar-refractivity contribution is 0.0750. The van der Waals surface area contributed by atoms with Crippen molar-refractivity contribution in [3.05, 3.63) is 23.3 Å². The molecule has 0 aliphatic carbocycles. The van der Waals surface area contributed by atoms with E-state index in [1.807, 2.05) is 12.1 Å². The highest BCUT2D eigenvalue weighted by Gasteiger charge is 2.24. The zero-order chi connectivity index (χ0) is 12.3. The van der Waals surface area contributed by atoms with Crippen molar-refractivity contribution in [2.45, 2.75) is 32.8 Å². The van der Waals surface area contributed by atoms with Gasteiger partial charge in [0.25, 0.3) is 0 Å². The fraction of sp³-hybridized carbons (Fsp3) is 0.538. The van der Waals surface area contributed by atoms with E-state index >= 15 is 0 Å². The van der Waals surface area contributed by atoms with Gasteiger partial charge < -0.3 is 14.6 Å². The van der Waals surface area contributed by atoms with Gasteiger partial charge in [-0.25, -0.2) is 0 Å². The standard InChI is InChI=1S/C13H20O3/c1-6-9-7-10(13(2,3)14)12(16-5)11(8-9)15-4/h7-8,14H,6H2,1-5H3. The molecule has 1 aromatic rings. The second-order valence-electron chi connectivity index (χ2n) is 4.29. The first-order valence-electron chi connectivity index (χ1n) is 5.41. The number of methoxy groups -OCH3 is 2. The lowest BCUT2D eigenvalue weighted by Crippen LogP contribution is -2.17. The van der Waals surface area contributed by atoms with Crippen LogP contribution in [0, 0.1) is 0 Å². The Morgan fingerprint density at radius 3 is 2.19 bits per heavy atom. The minimum absolute atomic E-state index is 0.604. The van der Waals surface area contributed by atoms with Crippen LogP contribution in [0.25, 0.3) is 0 Å². The monoisotopic (exact) mass is 224 g/mol. The molecule has 0 fully saturated rings. The summed E-state index contributed by atoms with van der Waals surface area (Å²) in [7, 11) is 3.18. The smallest absolute Gasteiger partial charge is 0.166 e. The van der Waals surface area contributed by atoms with Crippen LogP contribution in [0.4, 0.5) is 0 Å². The van der Waals surface area contributed by atoms with Gasteiger partial charge in [0.2, 0.25) is 0 Å². The van der Waals surface area contributed by atoms with Crippen LogP contribution < -0.4 is 9.47 Å². The highest BCUT2D eigenvalue weighted by Crippen LogP contribution is 2.38. The maximum Gasteiger partial charge on any atom is 0.166 e. The molecule has 0 unspecified atom stereocenters. The molecule has 3 heteroatoms. The van der Waals surface area contributed by atoms with E-state index in [9.17, 15) is 5.11 Å². The Kier molecular flexibility index (Phi) is 3.81. The minimum Gasteiger partial charge on any atom is -0.493 e. The summed E-state index contributed by atoms with van der Waals surface area (Å²) in [5.74, 6) is 1.27. The predicted octanol–water partition coefficient (Wildman–Crippen LogP) is 2.49. The molecule has 0 aliphatic heterocycles. The summed E-state index contributed by atoms with van der Waals surface area (Å²) in [6.45, 7) is 5.54. The molecule has 0 heterocycles. The molecule has 0 saturated heterocycles. The average molecular weight is 224 g/mol.